The molecule has 4 heteroatoms. The van der Waals surface area contributed by atoms with Gasteiger partial charge in [-0.2, -0.15) is 0 Å². The first kappa shape index (κ1) is 14.8. The molecule has 110 valence electrons. The van der Waals surface area contributed by atoms with Crippen LogP contribution in [0.25, 0.3) is 0 Å². The molecule has 0 aromatic carbocycles. The van der Waals surface area contributed by atoms with Gasteiger partial charge in [0.2, 0.25) is 0 Å². The van der Waals surface area contributed by atoms with Crippen LogP contribution in [-0.4, -0.2) is 47.8 Å². The van der Waals surface area contributed by atoms with Crippen LogP contribution in [0, 0.1) is 0 Å². The highest BCUT2D eigenvalue weighted by molar-refractivity contribution is 5.66. The normalized spacial score (nSPS) is 31.5. The Morgan fingerprint density at radius 3 is 2.74 bits per heavy atom. The van der Waals surface area contributed by atoms with Crippen LogP contribution in [0.3, 0.4) is 0 Å². The molecule has 0 amide bonds. The van der Waals surface area contributed by atoms with Crippen LogP contribution in [-0.2, 0) is 14.3 Å². The molecular formula is C15H27NO3. The van der Waals surface area contributed by atoms with Gasteiger partial charge in [-0.25, -0.2) is 0 Å². The largest absolute Gasteiger partial charge is 0.464 e. The number of ether oxygens (including phenoxy) is 2. The minimum Gasteiger partial charge on any atom is -0.464 e. The summed E-state index contributed by atoms with van der Waals surface area (Å²) in [4.78, 5) is 13.6. The van der Waals surface area contributed by atoms with Crippen LogP contribution >= 0.6 is 0 Å². The highest BCUT2D eigenvalue weighted by atomic mass is 16.5. The summed E-state index contributed by atoms with van der Waals surface area (Å²) in [5, 5.41) is 0. The molecule has 0 radical (unpaired) electrons. The Morgan fingerprint density at radius 1 is 1.37 bits per heavy atom. The van der Waals surface area contributed by atoms with Crippen molar-refractivity contribution in [2.75, 3.05) is 19.8 Å². The number of nitrogens with zero attached hydrogens (tertiary/aromatic N) is 1. The number of hydrogen-bond acceptors (Lipinski definition) is 4. The molecule has 2 aliphatic heterocycles. The van der Waals surface area contributed by atoms with E-state index in [1.54, 1.807) is 0 Å². The molecule has 2 fully saturated rings. The minimum atomic E-state index is -0.171. The first-order valence-electron chi connectivity index (χ1n) is 7.36. The molecule has 0 saturated carbocycles. The Kier molecular flexibility index (Phi) is 4.21. The molecular weight excluding hydrogens is 242 g/mol. The molecule has 0 N–H and O–H groups in total. The van der Waals surface area contributed by atoms with E-state index in [2.05, 4.69) is 25.7 Å². The summed E-state index contributed by atoms with van der Waals surface area (Å²) < 4.78 is 11.2. The third-order valence-electron chi connectivity index (χ3n) is 4.29. The van der Waals surface area contributed by atoms with E-state index < -0.39 is 0 Å². The van der Waals surface area contributed by atoms with E-state index >= 15 is 0 Å². The second kappa shape index (κ2) is 5.41. The fourth-order valence-electron chi connectivity index (χ4n) is 3.37. The van der Waals surface area contributed by atoms with Crippen LogP contribution in [0.15, 0.2) is 0 Å². The van der Waals surface area contributed by atoms with Crippen LogP contribution < -0.4 is 0 Å². The number of esters is 1. The van der Waals surface area contributed by atoms with Crippen molar-refractivity contribution in [2.24, 2.45) is 0 Å². The maximum atomic E-state index is 11.1. The summed E-state index contributed by atoms with van der Waals surface area (Å²) >= 11 is 0. The molecule has 2 rings (SSSR count). The van der Waals surface area contributed by atoms with E-state index in [1.165, 1.54) is 13.3 Å². The number of carbonyl (C=O) groups is 1. The van der Waals surface area contributed by atoms with E-state index in [4.69, 9.17) is 9.47 Å². The van der Waals surface area contributed by atoms with Crippen molar-refractivity contribution in [3.8, 4) is 0 Å². The second-order valence-corrected chi connectivity index (χ2v) is 6.92. The molecule has 0 spiro atoms. The molecule has 0 bridgehead atoms. The lowest BCUT2D eigenvalue weighted by molar-refractivity contribution is -0.144. The summed E-state index contributed by atoms with van der Waals surface area (Å²) in [5.41, 5.74) is 0.0123. The summed E-state index contributed by atoms with van der Waals surface area (Å²) in [6, 6.07) is 0.484. The molecule has 0 aromatic heterocycles. The van der Waals surface area contributed by atoms with E-state index in [-0.39, 0.29) is 17.1 Å². The number of hydrogen-bond donors (Lipinski definition) is 0. The molecule has 4 nitrogen and oxygen atoms in total. The van der Waals surface area contributed by atoms with Crippen molar-refractivity contribution in [3.05, 3.63) is 0 Å². The monoisotopic (exact) mass is 269 g/mol. The van der Waals surface area contributed by atoms with Gasteiger partial charge in [0.05, 0.1) is 17.7 Å². The Morgan fingerprint density at radius 2 is 2.11 bits per heavy atom. The zero-order valence-electron chi connectivity index (χ0n) is 12.7. The zero-order valence-corrected chi connectivity index (χ0v) is 12.7. The lowest BCUT2D eigenvalue weighted by Crippen LogP contribution is -2.47. The van der Waals surface area contributed by atoms with Gasteiger partial charge in [-0.05, 0) is 53.0 Å². The third-order valence-corrected chi connectivity index (χ3v) is 4.29. The van der Waals surface area contributed by atoms with Gasteiger partial charge in [0.1, 0.15) is 6.61 Å². The molecule has 0 unspecified atom stereocenters. The summed E-state index contributed by atoms with van der Waals surface area (Å²) in [6.07, 6.45) is 4.62. The summed E-state index contributed by atoms with van der Waals surface area (Å²) in [5.74, 6) is -0.171. The smallest absolute Gasteiger partial charge is 0.302 e. The maximum absolute atomic E-state index is 11.1. The van der Waals surface area contributed by atoms with Gasteiger partial charge in [0.25, 0.3) is 0 Å². The van der Waals surface area contributed by atoms with Gasteiger partial charge in [-0.15, -0.1) is 0 Å². The number of rotatable bonds is 4. The van der Waals surface area contributed by atoms with Crippen molar-refractivity contribution in [1.29, 1.82) is 0 Å². The lowest BCUT2D eigenvalue weighted by Gasteiger charge is -2.35. The molecule has 2 aliphatic rings. The van der Waals surface area contributed by atoms with Crippen LogP contribution in [0.4, 0.5) is 0 Å². The van der Waals surface area contributed by atoms with Gasteiger partial charge in [-0.1, -0.05) is 0 Å². The van der Waals surface area contributed by atoms with Crippen LogP contribution in [0.2, 0.25) is 0 Å². The lowest BCUT2D eigenvalue weighted by atomic mass is 9.95. The Labute approximate surface area is 116 Å². The maximum Gasteiger partial charge on any atom is 0.302 e. The van der Waals surface area contributed by atoms with Crippen molar-refractivity contribution < 1.29 is 14.3 Å². The second-order valence-electron chi connectivity index (χ2n) is 6.92. The van der Waals surface area contributed by atoms with Gasteiger partial charge in [0, 0.05) is 13.0 Å². The van der Waals surface area contributed by atoms with Crippen molar-refractivity contribution in [2.45, 2.75) is 70.6 Å². The zero-order chi connectivity index (χ0) is 14.1. The standard InChI is InChI=1S/C15H27NO3/c1-12(17)18-11-15-7-5-9-16(15)13(6-8-15)10-19-14(2,3)4/h13H,5-11H2,1-4H3/t13-,15-/m0/s1. The minimum absolute atomic E-state index is 0.0825. The van der Waals surface area contributed by atoms with Gasteiger partial charge in [-0.3, -0.25) is 9.69 Å². The Balaban J connectivity index is 1.94. The van der Waals surface area contributed by atoms with Crippen LogP contribution in [0.5, 0.6) is 0 Å². The molecule has 19 heavy (non-hydrogen) atoms. The van der Waals surface area contributed by atoms with E-state index in [9.17, 15) is 4.79 Å². The van der Waals surface area contributed by atoms with Crippen molar-refractivity contribution in [1.82, 2.24) is 4.90 Å². The molecule has 2 heterocycles. The Hall–Kier alpha value is -0.610. The molecule has 2 atom stereocenters. The summed E-state index contributed by atoms with van der Waals surface area (Å²) in [6.45, 7) is 10.2. The summed E-state index contributed by atoms with van der Waals surface area (Å²) in [7, 11) is 0. The SMILES string of the molecule is CC(=O)OC[C@@]12CCCN1[C@H](COC(C)(C)C)CC2. The van der Waals surface area contributed by atoms with Gasteiger partial charge in [0.15, 0.2) is 0 Å². The molecule has 0 aliphatic carbocycles. The van der Waals surface area contributed by atoms with E-state index in [0.717, 1.165) is 32.4 Å². The quantitative estimate of drug-likeness (QED) is 0.734. The predicted octanol–water partition coefficient (Wildman–Crippen LogP) is 2.36. The fourth-order valence-corrected chi connectivity index (χ4v) is 3.37. The number of carbonyl (C=O) groups excluding carboxylic acids is 1. The average molecular weight is 269 g/mol. The van der Waals surface area contributed by atoms with E-state index in [1.807, 2.05) is 0 Å². The van der Waals surface area contributed by atoms with Crippen molar-refractivity contribution >= 4 is 5.97 Å². The van der Waals surface area contributed by atoms with E-state index in [0.29, 0.717) is 12.6 Å². The van der Waals surface area contributed by atoms with Gasteiger partial charge >= 0.3 is 5.97 Å². The van der Waals surface area contributed by atoms with Gasteiger partial charge < -0.3 is 9.47 Å². The first-order valence-corrected chi connectivity index (χ1v) is 7.36. The molecule has 2 saturated heterocycles. The first-order chi connectivity index (χ1) is 8.82. The highest BCUT2D eigenvalue weighted by Crippen LogP contribution is 2.42. The molecule has 0 aromatic rings. The topological polar surface area (TPSA) is 38.8 Å². The van der Waals surface area contributed by atoms with Crippen LogP contribution in [0.1, 0.15) is 53.4 Å². The fraction of sp³-hybridized carbons (Fsp3) is 0.933. The highest BCUT2D eigenvalue weighted by Gasteiger charge is 2.49. The van der Waals surface area contributed by atoms with Crippen molar-refractivity contribution in [3.63, 3.8) is 0 Å². The number of fused-ring (bicyclic) bond motifs is 1. The Bertz CT molecular complexity index is 337. The average Bonchev–Trinajstić information content (AvgIpc) is 2.81. The third kappa shape index (κ3) is 3.48. The predicted molar refractivity (Wildman–Crippen MR) is 74.0 cm³/mol.